The minimum absolute atomic E-state index is 0.00711. The highest BCUT2D eigenvalue weighted by atomic mass is 16.5. The number of hydrogen-bond acceptors (Lipinski definition) is 3. The molecule has 100 valence electrons. The Labute approximate surface area is 118 Å². The Morgan fingerprint density at radius 2 is 2.00 bits per heavy atom. The Morgan fingerprint density at radius 1 is 1.20 bits per heavy atom. The Balaban J connectivity index is 1.84. The number of ether oxygens (including phenoxy) is 1. The van der Waals surface area contributed by atoms with Gasteiger partial charge < -0.3 is 4.74 Å². The zero-order chi connectivity index (χ0) is 13.9. The van der Waals surface area contributed by atoms with Gasteiger partial charge in [0.15, 0.2) is 5.78 Å². The van der Waals surface area contributed by atoms with E-state index in [1.54, 1.807) is 18.3 Å². The van der Waals surface area contributed by atoms with Gasteiger partial charge in [0.1, 0.15) is 11.5 Å². The molecule has 20 heavy (non-hydrogen) atoms. The highest BCUT2D eigenvalue weighted by Crippen LogP contribution is 2.26. The zero-order valence-corrected chi connectivity index (χ0v) is 11.2. The zero-order valence-electron chi connectivity index (χ0n) is 11.2. The number of nitrogens with zero attached hydrogens (tertiary/aromatic N) is 1. The van der Waals surface area contributed by atoms with Gasteiger partial charge in [-0.3, -0.25) is 9.79 Å². The predicted molar refractivity (Wildman–Crippen MR) is 79.2 cm³/mol. The monoisotopic (exact) mass is 265 g/mol. The van der Waals surface area contributed by atoms with Crippen molar-refractivity contribution in [2.24, 2.45) is 10.9 Å². The molecular formula is C17H15NO2. The fourth-order valence-electron chi connectivity index (χ4n) is 2.34. The van der Waals surface area contributed by atoms with Crippen LogP contribution in [0.25, 0.3) is 0 Å². The molecule has 0 saturated heterocycles. The fourth-order valence-corrected chi connectivity index (χ4v) is 2.34. The number of benzene rings is 1. The van der Waals surface area contributed by atoms with Crippen LogP contribution < -0.4 is 4.74 Å². The van der Waals surface area contributed by atoms with Crippen LogP contribution in [0.15, 0.2) is 65.4 Å². The minimum Gasteiger partial charge on any atom is -0.455 e. The normalized spacial score (nSPS) is 23.1. The van der Waals surface area contributed by atoms with Crippen molar-refractivity contribution < 1.29 is 9.53 Å². The first-order chi connectivity index (χ1) is 9.74. The lowest BCUT2D eigenvalue weighted by atomic mass is 9.93. The summed E-state index contributed by atoms with van der Waals surface area (Å²) in [4.78, 5) is 16.0. The summed E-state index contributed by atoms with van der Waals surface area (Å²) in [5, 5.41) is 0. The summed E-state index contributed by atoms with van der Waals surface area (Å²) < 4.78 is 5.83. The number of hydrogen-bond donors (Lipinski definition) is 0. The maximum absolute atomic E-state index is 11.6. The van der Waals surface area contributed by atoms with Crippen LogP contribution in [0, 0.1) is 5.92 Å². The molecule has 0 saturated carbocycles. The average Bonchev–Trinajstić information content (AvgIpc) is 2.47. The molecule has 0 amide bonds. The SMILES string of the molecule is CC(=O)c1ccccc1OC1=CC2C=CC=CC2N=C1. The first kappa shape index (κ1) is 12.6. The molecule has 2 atom stereocenters. The van der Waals surface area contributed by atoms with E-state index in [9.17, 15) is 4.79 Å². The van der Waals surface area contributed by atoms with Crippen LogP contribution in [0.1, 0.15) is 17.3 Å². The van der Waals surface area contributed by atoms with E-state index in [-0.39, 0.29) is 17.7 Å². The number of fused-ring (bicyclic) bond motifs is 1. The molecule has 0 N–H and O–H groups in total. The third-order valence-corrected chi connectivity index (χ3v) is 3.37. The summed E-state index contributed by atoms with van der Waals surface area (Å²) in [5.74, 6) is 1.48. The molecule has 2 aliphatic rings. The molecule has 1 aromatic rings. The molecule has 1 heterocycles. The molecule has 1 aromatic carbocycles. The van der Waals surface area contributed by atoms with Gasteiger partial charge in [0.2, 0.25) is 0 Å². The van der Waals surface area contributed by atoms with E-state index in [0.717, 1.165) is 0 Å². The molecule has 1 aliphatic carbocycles. The van der Waals surface area contributed by atoms with Gasteiger partial charge in [0.05, 0.1) is 17.8 Å². The topological polar surface area (TPSA) is 38.7 Å². The molecule has 0 fully saturated rings. The standard InChI is InChI=1S/C17H15NO2/c1-12(19)15-7-3-5-9-17(15)20-14-10-13-6-2-4-8-16(13)18-11-14/h2-11,13,16H,1H3. The van der Waals surface area contributed by atoms with Crippen LogP contribution in [-0.2, 0) is 0 Å². The third kappa shape index (κ3) is 2.48. The summed E-state index contributed by atoms with van der Waals surface area (Å²) >= 11 is 0. The molecule has 1 aliphatic heterocycles. The highest BCUT2D eigenvalue weighted by molar-refractivity contribution is 5.97. The first-order valence-electron chi connectivity index (χ1n) is 6.62. The van der Waals surface area contributed by atoms with Gasteiger partial charge in [0, 0.05) is 5.92 Å². The lowest BCUT2D eigenvalue weighted by molar-refractivity contribution is 0.101. The molecule has 0 bridgehead atoms. The van der Waals surface area contributed by atoms with E-state index in [4.69, 9.17) is 4.74 Å². The van der Waals surface area contributed by atoms with Crippen LogP contribution in [0.3, 0.4) is 0 Å². The highest BCUT2D eigenvalue weighted by Gasteiger charge is 2.20. The fraction of sp³-hybridized carbons (Fsp3) is 0.176. The van der Waals surface area contributed by atoms with Crippen molar-refractivity contribution in [3.05, 3.63) is 66.0 Å². The summed E-state index contributed by atoms with van der Waals surface area (Å²) in [6, 6.07) is 7.42. The van der Waals surface area contributed by atoms with Crippen LogP contribution in [0.2, 0.25) is 0 Å². The van der Waals surface area contributed by atoms with Gasteiger partial charge in [-0.05, 0) is 25.1 Å². The summed E-state index contributed by atoms with van der Waals surface area (Å²) in [5.41, 5.74) is 0.586. The lowest BCUT2D eigenvalue weighted by Gasteiger charge is -2.22. The van der Waals surface area contributed by atoms with Crippen molar-refractivity contribution in [3.8, 4) is 5.75 Å². The molecule has 0 spiro atoms. The first-order valence-corrected chi connectivity index (χ1v) is 6.62. The molecule has 3 rings (SSSR count). The van der Waals surface area contributed by atoms with Crippen molar-refractivity contribution in [2.75, 3.05) is 0 Å². The van der Waals surface area contributed by atoms with E-state index in [0.29, 0.717) is 17.1 Å². The molecule has 0 aromatic heterocycles. The Kier molecular flexibility index (Phi) is 3.33. The second kappa shape index (κ2) is 5.29. The summed E-state index contributed by atoms with van der Waals surface area (Å²) in [6.45, 7) is 1.54. The van der Waals surface area contributed by atoms with Gasteiger partial charge in [0.25, 0.3) is 0 Å². The number of allylic oxidation sites excluding steroid dienone is 3. The minimum atomic E-state index is -0.00711. The average molecular weight is 265 g/mol. The third-order valence-electron chi connectivity index (χ3n) is 3.37. The van der Waals surface area contributed by atoms with Crippen LogP contribution in [-0.4, -0.2) is 18.0 Å². The van der Waals surface area contributed by atoms with Gasteiger partial charge in [-0.15, -0.1) is 0 Å². The largest absolute Gasteiger partial charge is 0.455 e. The number of Topliss-reactive ketones (excluding diaryl/α,β-unsaturated/α-hetero) is 1. The number of aliphatic imine (C=N–C) groups is 1. The number of para-hydroxylation sites is 1. The Morgan fingerprint density at radius 3 is 2.85 bits per heavy atom. The molecule has 3 heteroatoms. The number of dihydropyridines is 1. The Bertz CT molecular complexity index is 653. The van der Waals surface area contributed by atoms with E-state index in [2.05, 4.69) is 17.1 Å². The van der Waals surface area contributed by atoms with E-state index in [1.165, 1.54) is 6.92 Å². The van der Waals surface area contributed by atoms with Crippen molar-refractivity contribution in [2.45, 2.75) is 13.0 Å². The van der Waals surface area contributed by atoms with Gasteiger partial charge in [-0.25, -0.2) is 0 Å². The van der Waals surface area contributed by atoms with Crippen molar-refractivity contribution >= 4 is 12.0 Å². The molecular weight excluding hydrogens is 250 g/mol. The van der Waals surface area contributed by atoms with Gasteiger partial charge in [-0.1, -0.05) is 36.4 Å². The van der Waals surface area contributed by atoms with Crippen LogP contribution in [0.5, 0.6) is 5.75 Å². The molecule has 2 unspecified atom stereocenters. The molecule has 0 radical (unpaired) electrons. The van der Waals surface area contributed by atoms with Gasteiger partial charge in [-0.2, -0.15) is 0 Å². The number of carbonyl (C=O) groups is 1. The summed E-state index contributed by atoms with van der Waals surface area (Å²) in [7, 11) is 0. The van der Waals surface area contributed by atoms with E-state index >= 15 is 0 Å². The van der Waals surface area contributed by atoms with E-state index in [1.807, 2.05) is 30.4 Å². The smallest absolute Gasteiger partial charge is 0.163 e. The maximum atomic E-state index is 11.6. The van der Waals surface area contributed by atoms with Crippen molar-refractivity contribution in [3.63, 3.8) is 0 Å². The van der Waals surface area contributed by atoms with Crippen LogP contribution >= 0.6 is 0 Å². The molecule has 3 nitrogen and oxygen atoms in total. The van der Waals surface area contributed by atoms with Gasteiger partial charge >= 0.3 is 0 Å². The van der Waals surface area contributed by atoms with Crippen LogP contribution in [0.4, 0.5) is 0 Å². The number of ketones is 1. The predicted octanol–water partition coefficient (Wildman–Crippen LogP) is 3.35. The quantitative estimate of drug-likeness (QED) is 0.786. The number of carbonyl (C=O) groups excluding carboxylic acids is 1. The van der Waals surface area contributed by atoms with Crippen molar-refractivity contribution in [1.29, 1.82) is 0 Å². The Hall–Kier alpha value is -2.42. The second-order valence-electron chi connectivity index (χ2n) is 4.84. The van der Waals surface area contributed by atoms with Crippen molar-refractivity contribution in [1.82, 2.24) is 0 Å². The maximum Gasteiger partial charge on any atom is 0.163 e. The number of rotatable bonds is 3. The van der Waals surface area contributed by atoms with E-state index < -0.39 is 0 Å². The second-order valence-corrected chi connectivity index (χ2v) is 4.84. The summed E-state index contributed by atoms with van der Waals surface area (Å²) in [6.07, 6.45) is 11.9. The lowest BCUT2D eigenvalue weighted by Crippen LogP contribution is -2.20.